The van der Waals surface area contributed by atoms with Gasteiger partial charge in [-0.15, -0.1) is 0 Å². The van der Waals surface area contributed by atoms with Crippen LogP contribution >= 0.6 is 0 Å². The molecule has 0 radical (unpaired) electrons. The summed E-state index contributed by atoms with van der Waals surface area (Å²) in [5.41, 5.74) is 2.25. The fourth-order valence-electron chi connectivity index (χ4n) is 0.856. The van der Waals surface area contributed by atoms with Gasteiger partial charge in [0.2, 0.25) is 0 Å². The molecule has 0 atom stereocenters. The Bertz CT molecular complexity index is 283. The molecule has 1 nitrogen and oxygen atoms in total. The highest BCUT2D eigenvalue weighted by atomic mass is 14.7. The van der Waals surface area contributed by atoms with E-state index < -0.39 is 0 Å². The highest BCUT2D eigenvalue weighted by Gasteiger charge is 1.82. The molecule has 0 saturated carbocycles. The molecule has 0 amide bonds. The summed E-state index contributed by atoms with van der Waals surface area (Å²) in [6.07, 6.45) is 4.07. The van der Waals surface area contributed by atoms with Crippen molar-refractivity contribution in [3.8, 4) is 0 Å². The van der Waals surface area contributed by atoms with Gasteiger partial charge in [0.1, 0.15) is 0 Å². The molecular formula is C11H13N. The average molecular weight is 159 g/mol. The Labute approximate surface area is 73.5 Å². The summed E-state index contributed by atoms with van der Waals surface area (Å²) in [7, 11) is 1.80. The second kappa shape index (κ2) is 4.50. The van der Waals surface area contributed by atoms with Gasteiger partial charge in [0, 0.05) is 12.8 Å². The molecule has 1 aromatic rings. The van der Waals surface area contributed by atoms with Crippen molar-refractivity contribution in [2.75, 3.05) is 7.05 Å². The molecule has 0 aliphatic heterocycles. The van der Waals surface area contributed by atoms with Gasteiger partial charge in [-0.05, 0) is 18.6 Å². The van der Waals surface area contributed by atoms with E-state index >= 15 is 0 Å². The van der Waals surface area contributed by atoms with Crippen LogP contribution < -0.4 is 0 Å². The van der Waals surface area contributed by atoms with Gasteiger partial charge in [0.25, 0.3) is 0 Å². The van der Waals surface area contributed by atoms with Crippen LogP contribution in [0.15, 0.2) is 41.4 Å². The van der Waals surface area contributed by atoms with E-state index in [9.17, 15) is 0 Å². The Hall–Kier alpha value is -1.37. The van der Waals surface area contributed by atoms with Crippen LogP contribution in [0.5, 0.6) is 0 Å². The van der Waals surface area contributed by atoms with E-state index in [1.54, 1.807) is 7.05 Å². The van der Waals surface area contributed by atoms with Gasteiger partial charge in [0.05, 0.1) is 0 Å². The lowest BCUT2D eigenvalue weighted by atomic mass is 10.2. The van der Waals surface area contributed by atoms with E-state index in [-0.39, 0.29) is 0 Å². The number of hydrogen-bond acceptors (Lipinski definition) is 1. The fraction of sp³-hybridized carbons (Fsp3) is 0.182. The smallest absolute Gasteiger partial charge is 0.0314 e. The molecular weight excluding hydrogens is 146 g/mol. The molecule has 1 heteroatoms. The fourth-order valence-corrected chi connectivity index (χ4v) is 0.856. The first-order valence-electron chi connectivity index (χ1n) is 3.99. The maximum Gasteiger partial charge on any atom is 0.0314 e. The molecule has 0 saturated heterocycles. The van der Waals surface area contributed by atoms with Crippen molar-refractivity contribution in [3.63, 3.8) is 0 Å². The number of allylic oxidation sites excluding steroid dienone is 1. The van der Waals surface area contributed by atoms with Crippen LogP contribution in [0.4, 0.5) is 0 Å². The molecule has 0 heterocycles. The van der Waals surface area contributed by atoms with Crippen LogP contribution in [0.2, 0.25) is 0 Å². The SMILES string of the molecule is CN=C(C)/C=C/c1ccccc1. The maximum absolute atomic E-state index is 4.03. The summed E-state index contributed by atoms with van der Waals surface area (Å²) in [4.78, 5) is 4.03. The molecule has 0 aromatic heterocycles. The standard InChI is InChI=1S/C11H13N/c1-10(12-2)8-9-11-6-4-3-5-7-11/h3-9H,1-2H3/b9-8+,12-10?. The third-order valence-corrected chi connectivity index (χ3v) is 1.67. The van der Waals surface area contributed by atoms with Crippen LogP contribution in [0.3, 0.4) is 0 Å². The Morgan fingerprint density at radius 2 is 1.92 bits per heavy atom. The molecule has 0 aliphatic rings. The van der Waals surface area contributed by atoms with Crippen molar-refractivity contribution in [3.05, 3.63) is 42.0 Å². The van der Waals surface area contributed by atoms with Crippen molar-refractivity contribution >= 4 is 11.8 Å². The lowest BCUT2D eigenvalue weighted by Gasteiger charge is -1.90. The van der Waals surface area contributed by atoms with Gasteiger partial charge in [-0.1, -0.05) is 36.4 Å². The number of hydrogen-bond donors (Lipinski definition) is 0. The molecule has 12 heavy (non-hydrogen) atoms. The van der Waals surface area contributed by atoms with E-state index in [2.05, 4.69) is 23.2 Å². The molecule has 1 rings (SSSR count). The van der Waals surface area contributed by atoms with Gasteiger partial charge in [-0.3, -0.25) is 4.99 Å². The quantitative estimate of drug-likeness (QED) is 0.588. The Balaban J connectivity index is 2.70. The lowest BCUT2D eigenvalue weighted by Crippen LogP contribution is -1.81. The molecule has 0 spiro atoms. The topological polar surface area (TPSA) is 12.4 Å². The zero-order valence-corrected chi connectivity index (χ0v) is 7.49. The maximum atomic E-state index is 4.03. The number of benzene rings is 1. The monoisotopic (exact) mass is 159 g/mol. The molecule has 62 valence electrons. The van der Waals surface area contributed by atoms with Crippen molar-refractivity contribution < 1.29 is 0 Å². The molecule has 0 unspecified atom stereocenters. The normalized spacial score (nSPS) is 12.3. The zero-order valence-electron chi connectivity index (χ0n) is 7.49. The van der Waals surface area contributed by atoms with Crippen molar-refractivity contribution in [2.24, 2.45) is 4.99 Å². The second-order valence-electron chi connectivity index (χ2n) is 2.61. The Kier molecular flexibility index (Phi) is 3.27. The van der Waals surface area contributed by atoms with Crippen molar-refractivity contribution in [1.29, 1.82) is 0 Å². The van der Waals surface area contributed by atoms with Crippen LogP contribution in [0.1, 0.15) is 12.5 Å². The van der Waals surface area contributed by atoms with Crippen molar-refractivity contribution in [2.45, 2.75) is 6.92 Å². The Morgan fingerprint density at radius 3 is 2.50 bits per heavy atom. The Morgan fingerprint density at radius 1 is 1.25 bits per heavy atom. The number of nitrogens with zero attached hydrogens (tertiary/aromatic N) is 1. The third kappa shape index (κ3) is 2.70. The van der Waals surface area contributed by atoms with Crippen LogP contribution in [0.25, 0.3) is 6.08 Å². The van der Waals surface area contributed by atoms with E-state index in [0.717, 1.165) is 5.71 Å². The van der Waals surface area contributed by atoms with Crippen LogP contribution in [-0.2, 0) is 0 Å². The lowest BCUT2D eigenvalue weighted by molar-refractivity contribution is 1.43. The first-order chi connectivity index (χ1) is 5.83. The summed E-state index contributed by atoms with van der Waals surface area (Å²) in [5.74, 6) is 0. The third-order valence-electron chi connectivity index (χ3n) is 1.67. The van der Waals surface area contributed by atoms with E-state index in [1.165, 1.54) is 5.56 Å². The number of aliphatic imine (C=N–C) groups is 1. The number of rotatable bonds is 2. The van der Waals surface area contributed by atoms with Gasteiger partial charge >= 0.3 is 0 Å². The van der Waals surface area contributed by atoms with Gasteiger partial charge in [-0.2, -0.15) is 0 Å². The van der Waals surface area contributed by atoms with Crippen molar-refractivity contribution in [1.82, 2.24) is 0 Å². The highest BCUT2D eigenvalue weighted by Crippen LogP contribution is 2.00. The first-order valence-corrected chi connectivity index (χ1v) is 3.99. The summed E-state index contributed by atoms with van der Waals surface area (Å²) in [6.45, 7) is 1.99. The summed E-state index contributed by atoms with van der Waals surface area (Å²) < 4.78 is 0. The van der Waals surface area contributed by atoms with E-state index in [4.69, 9.17) is 0 Å². The average Bonchev–Trinajstić information content (AvgIpc) is 2.16. The predicted molar refractivity (Wildman–Crippen MR) is 54.5 cm³/mol. The van der Waals surface area contributed by atoms with Gasteiger partial charge < -0.3 is 0 Å². The molecule has 0 bridgehead atoms. The van der Waals surface area contributed by atoms with E-state index in [0.29, 0.717) is 0 Å². The largest absolute Gasteiger partial charge is 0.293 e. The highest BCUT2D eigenvalue weighted by molar-refractivity contribution is 5.96. The minimum atomic E-state index is 1.04. The second-order valence-corrected chi connectivity index (χ2v) is 2.61. The first kappa shape index (κ1) is 8.72. The van der Waals surface area contributed by atoms with Crippen LogP contribution in [-0.4, -0.2) is 12.8 Å². The molecule has 0 fully saturated rings. The van der Waals surface area contributed by atoms with Crippen LogP contribution in [0, 0.1) is 0 Å². The summed E-state index contributed by atoms with van der Waals surface area (Å²) in [5, 5.41) is 0. The summed E-state index contributed by atoms with van der Waals surface area (Å²) >= 11 is 0. The molecule has 0 N–H and O–H groups in total. The molecule has 0 aliphatic carbocycles. The van der Waals surface area contributed by atoms with E-state index in [1.807, 2.05) is 31.2 Å². The van der Waals surface area contributed by atoms with Gasteiger partial charge in [-0.25, -0.2) is 0 Å². The van der Waals surface area contributed by atoms with Gasteiger partial charge in [0.15, 0.2) is 0 Å². The minimum Gasteiger partial charge on any atom is -0.293 e. The molecule has 1 aromatic carbocycles. The zero-order chi connectivity index (χ0) is 8.81. The summed E-state index contributed by atoms with van der Waals surface area (Å²) in [6, 6.07) is 10.2. The minimum absolute atomic E-state index is 1.04. The predicted octanol–water partition coefficient (Wildman–Crippen LogP) is 2.79.